The van der Waals surface area contributed by atoms with Crippen molar-refractivity contribution < 1.29 is 4.79 Å². The maximum atomic E-state index is 10.8. The van der Waals surface area contributed by atoms with Crippen LogP contribution in [-0.2, 0) is 4.79 Å². The molecule has 0 heterocycles. The molecule has 0 saturated carbocycles. The number of amides is 1. The molecule has 0 radical (unpaired) electrons. The Kier molecular flexibility index (Phi) is 5.72. The molecule has 1 N–H and O–H groups in total. The molecule has 0 aliphatic rings. The molecule has 0 aliphatic carbocycles. The Hall–Kier alpha value is -0.570. The monoisotopic (exact) mass is 172 g/mol. The molecule has 0 fully saturated rings. The molecule has 0 aliphatic heterocycles. The normalized spacial score (nSPS) is 10.4. The van der Waals surface area contributed by atoms with E-state index in [1.54, 1.807) is 11.8 Å². The Morgan fingerprint density at radius 1 is 1.50 bits per heavy atom. The molecule has 0 atom stereocenters. The van der Waals surface area contributed by atoms with Gasteiger partial charge in [-0.15, -0.1) is 0 Å². The Labute approximate surface area is 75.1 Å². The van der Waals surface area contributed by atoms with Crippen molar-refractivity contribution in [2.75, 3.05) is 20.1 Å². The minimum absolute atomic E-state index is 0.138. The topological polar surface area (TPSA) is 32.3 Å². The van der Waals surface area contributed by atoms with Gasteiger partial charge in [-0.2, -0.15) is 0 Å². The van der Waals surface area contributed by atoms with E-state index < -0.39 is 0 Å². The second-order valence-corrected chi connectivity index (χ2v) is 3.40. The van der Waals surface area contributed by atoms with Gasteiger partial charge in [0.25, 0.3) is 0 Å². The lowest BCUT2D eigenvalue weighted by Gasteiger charge is -2.15. The second-order valence-electron chi connectivity index (χ2n) is 3.40. The number of nitrogens with one attached hydrogen (secondary N) is 1. The molecule has 3 heteroatoms. The molecule has 3 nitrogen and oxygen atoms in total. The summed E-state index contributed by atoms with van der Waals surface area (Å²) in [6.45, 7) is 7.66. The minimum atomic E-state index is 0.138. The van der Waals surface area contributed by atoms with Gasteiger partial charge in [0.2, 0.25) is 5.91 Å². The number of hydrogen-bond donors (Lipinski definition) is 1. The van der Waals surface area contributed by atoms with Gasteiger partial charge in [0.15, 0.2) is 0 Å². The third-order valence-corrected chi connectivity index (χ3v) is 1.76. The Morgan fingerprint density at radius 3 is 2.50 bits per heavy atom. The number of nitrogens with zero attached hydrogens (tertiary/aromatic N) is 1. The van der Waals surface area contributed by atoms with Crippen LogP contribution in [0.1, 0.15) is 27.2 Å². The molecule has 0 aromatic rings. The number of hydrogen-bond acceptors (Lipinski definition) is 2. The molecule has 0 unspecified atom stereocenters. The van der Waals surface area contributed by atoms with Gasteiger partial charge < -0.3 is 10.2 Å². The van der Waals surface area contributed by atoms with Crippen LogP contribution in [0.3, 0.4) is 0 Å². The summed E-state index contributed by atoms with van der Waals surface area (Å²) in [5.41, 5.74) is 0. The van der Waals surface area contributed by atoms with E-state index >= 15 is 0 Å². The van der Waals surface area contributed by atoms with Crippen molar-refractivity contribution in [2.24, 2.45) is 0 Å². The van der Waals surface area contributed by atoms with Crippen LogP contribution < -0.4 is 5.32 Å². The van der Waals surface area contributed by atoms with Crippen LogP contribution in [0.15, 0.2) is 0 Å². The fraction of sp³-hybridized carbons (Fsp3) is 0.889. The molecule has 0 saturated heterocycles. The van der Waals surface area contributed by atoms with Crippen molar-refractivity contribution in [2.45, 2.75) is 33.2 Å². The quantitative estimate of drug-likeness (QED) is 0.624. The summed E-state index contributed by atoms with van der Waals surface area (Å²) in [6, 6.07) is 0.535. The van der Waals surface area contributed by atoms with Gasteiger partial charge >= 0.3 is 0 Å². The van der Waals surface area contributed by atoms with Gasteiger partial charge in [-0.25, -0.2) is 0 Å². The average molecular weight is 172 g/mol. The van der Waals surface area contributed by atoms with Gasteiger partial charge in [0, 0.05) is 26.6 Å². The molecule has 12 heavy (non-hydrogen) atoms. The molecule has 0 aromatic carbocycles. The number of carbonyl (C=O) groups excluding carboxylic acids is 1. The molecule has 0 rings (SSSR count). The van der Waals surface area contributed by atoms with Crippen LogP contribution in [0.5, 0.6) is 0 Å². The maximum Gasteiger partial charge on any atom is 0.219 e. The van der Waals surface area contributed by atoms with Crippen molar-refractivity contribution in [3.63, 3.8) is 0 Å². The number of carbonyl (C=O) groups is 1. The first-order chi connectivity index (χ1) is 5.54. The first-order valence-electron chi connectivity index (χ1n) is 4.49. The van der Waals surface area contributed by atoms with Crippen LogP contribution >= 0.6 is 0 Å². The first-order valence-corrected chi connectivity index (χ1v) is 4.49. The molecule has 72 valence electrons. The lowest BCUT2D eigenvalue weighted by molar-refractivity contribution is -0.127. The van der Waals surface area contributed by atoms with Crippen LogP contribution in [-0.4, -0.2) is 37.0 Å². The maximum absolute atomic E-state index is 10.8. The average Bonchev–Trinajstić information content (AvgIpc) is 1.97. The largest absolute Gasteiger partial charge is 0.346 e. The van der Waals surface area contributed by atoms with E-state index in [4.69, 9.17) is 0 Å². The van der Waals surface area contributed by atoms with Gasteiger partial charge in [-0.3, -0.25) is 4.79 Å². The predicted molar refractivity (Wildman–Crippen MR) is 51.1 cm³/mol. The lowest BCUT2D eigenvalue weighted by Crippen LogP contribution is -2.30. The van der Waals surface area contributed by atoms with Crippen molar-refractivity contribution in [3.8, 4) is 0 Å². The molecular weight excluding hydrogens is 152 g/mol. The Bertz CT molecular complexity index is 134. The summed E-state index contributed by atoms with van der Waals surface area (Å²) in [4.78, 5) is 12.5. The zero-order chi connectivity index (χ0) is 9.56. The zero-order valence-electron chi connectivity index (χ0n) is 8.55. The fourth-order valence-electron chi connectivity index (χ4n) is 0.864. The molecule has 0 spiro atoms. The van der Waals surface area contributed by atoms with E-state index in [1.165, 1.54) is 0 Å². The highest BCUT2D eigenvalue weighted by atomic mass is 16.2. The van der Waals surface area contributed by atoms with Crippen LogP contribution in [0, 0.1) is 0 Å². The predicted octanol–water partition coefficient (Wildman–Crippen LogP) is 0.853. The molecule has 0 aromatic heterocycles. The Balaban J connectivity index is 3.25. The second kappa shape index (κ2) is 6.00. The van der Waals surface area contributed by atoms with E-state index in [1.807, 2.05) is 7.05 Å². The fourth-order valence-corrected chi connectivity index (χ4v) is 0.864. The Morgan fingerprint density at radius 2 is 2.08 bits per heavy atom. The van der Waals surface area contributed by atoms with E-state index in [0.29, 0.717) is 6.04 Å². The van der Waals surface area contributed by atoms with Gasteiger partial charge in [0.05, 0.1) is 0 Å². The first kappa shape index (κ1) is 11.4. The van der Waals surface area contributed by atoms with Crippen LogP contribution in [0.2, 0.25) is 0 Å². The van der Waals surface area contributed by atoms with Crippen LogP contribution in [0.25, 0.3) is 0 Å². The smallest absolute Gasteiger partial charge is 0.219 e. The SMILES string of the molecule is CC(=O)N(C)CCCNC(C)C. The highest BCUT2D eigenvalue weighted by molar-refractivity contribution is 5.72. The summed E-state index contributed by atoms with van der Waals surface area (Å²) in [7, 11) is 1.83. The van der Waals surface area contributed by atoms with Crippen LogP contribution in [0.4, 0.5) is 0 Å². The van der Waals surface area contributed by atoms with E-state index in [0.717, 1.165) is 19.5 Å². The third kappa shape index (κ3) is 6.16. The van der Waals surface area contributed by atoms with Crippen molar-refractivity contribution in [1.82, 2.24) is 10.2 Å². The van der Waals surface area contributed by atoms with Gasteiger partial charge in [-0.1, -0.05) is 13.8 Å². The molecule has 0 bridgehead atoms. The van der Waals surface area contributed by atoms with E-state index in [-0.39, 0.29) is 5.91 Å². The van der Waals surface area contributed by atoms with Gasteiger partial charge in [-0.05, 0) is 13.0 Å². The van der Waals surface area contributed by atoms with Gasteiger partial charge in [0.1, 0.15) is 0 Å². The summed E-state index contributed by atoms with van der Waals surface area (Å²) in [5, 5.41) is 3.30. The van der Waals surface area contributed by atoms with Crippen molar-refractivity contribution >= 4 is 5.91 Å². The zero-order valence-corrected chi connectivity index (χ0v) is 8.55. The van der Waals surface area contributed by atoms with Crippen molar-refractivity contribution in [3.05, 3.63) is 0 Å². The van der Waals surface area contributed by atoms with E-state index in [2.05, 4.69) is 19.2 Å². The molecular formula is C9H20N2O. The van der Waals surface area contributed by atoms with E-state index in [9.17, 15) is 4.79 Å². The summed E-state index contributed by atoms with van der Waals surface area (Å²) >= 11 is 0. The minimum Gasteiger partial charge on any atom is -0.346 e. The highest BCUT2D eigenvalue weighted by Gasteiger charge is 2.00. The third-order valence-electron chi connectivity index (χ3n) is 1.76. The summed E-state index contributed by atoms with van der Waals surface area (Å²) in [6.07, 6.45) is 1.02. The van der Waals surface area contributed by atoms with Crippen molar-refractivity contribution in [1.29, 1.82) is 0 Å². The highest BCUT2D eigenvalue weighted by Crippen LogP contribution is 1.87. The summed E-state index contributed by atoms with van der Waals surface area (Å²) in [5.74, 6) is 0.138. The molecule has 1 amide bonds. The summed E-state index contributed by atoms with van der Waals surface area (Å²) < 4.78 is 0. The number of rotatable bonds is 5. The lowest BCUT2D eigenvalue weighted by atomic mass is 10.3. The standard InChI is InChI=1S/C9H20N2O/c1-8(2)10-6-5-7-11(4)9(3)12/h8,10H,5-7H2,1-4H3.